The number of hydrogen-bond acceptors (Lipinski definition) is 5. The maximum absolute atomic E-state index is 14.1. The molecule has 1 aliphatic heterocycles. The molecular weight excluding hydrogens is 310 g/mol. The van der Waals surface area contributed by atoms with Crippen LogP contribution in [0.2, 0.25) is 0 Å². The molecule has 0 unspecified atom stereocenters. The lowest BCUT2D eigenvalue weighted by atomic mass is 10.0. The molecule has 116 valence electrons. The van der Waals surface area contributed by atoms with E-state index < -0.39 is 36.3 Å². The van der Waals surface area contributed by atoms with Crippen LogP contribution in [0.4, 0.5) is 8.78 Å². The molecule has 0 saturated carbocycles. The molecule has 5 N–H and O–H groups in total. The van der Waals surface area contributed by atoms with Gasteiger partial charge in [0.15, 0.2) is 0 Å². The summed E-state index contributed by atoms with van der Waals surface area (Å²) >= 11 is 0. The van der Waals surface area contributed by atoms with Crippen LogP contribution in [-0.4, -0.2) is 49.8 Å². The van der Waals surface area contributed by atoms with Gasteiger partial charge in [-0.1, -0.05) is 0 Å². The maximum Gasteiger partial charge on any atom is 0.294 e. The molecule has 0 spiro atoms. The monoisotopic (exact) mass is 322 g/mol. The fourth-order valence-corrected chi connectivity index (χ4v) is 2.50. The van der Waals surface area contributed by atoms with Crippen molar-refractivity contribution in [3.63, 3.8) is 0 Å². The molecule has 3 atom stereocenters. The quantitative estimate of drug-likeness (QED) is 0.520. The second-order valence-electron chi connectivity index (χ2n) is 4.71. The summed E-state index contributed by atoms with van der Waals surface area (Å²) in [5.41, 5.74) is -0.202. The summed E-state index contributed by atoms with van der Waals surface area (Å²) in [4.78, 5) is 20.3. The molecule has 3 heterocycles. The number of fused-ring (bicyclic) bond motifs is 1. The molecule has 0 aliphatic carbocycles. The van der Waals surface area contributed by atoms with Crippen molar-refractivity contribution >= 4 is 23.4 Å². The lowest BCUT2D eigenvalue weighted by Gasteiger charge is -2.20. The Kier molecular flexibility index (Phi) is 4.02. The van der Waals surface area contributed by atoms with E-state index in [0.717, 1.165) is 6.33 Å². The first-order valence-electron chi connectivity index (χ1n) is 5.94. The third-order valence-electron chi connectivity index (χ3n) is 3.55. The van der Waals surface area contributed by atoms with Gasteiger partial charge in [0.2, 0.25) is 0 Å². The van der Waals surface area contributed by atoms with Crippen molar-refractivity contribution in [1.82, 2.24) is 20.3 Å². The van der Waals surface area contributed by atoms with Gasteiger partial charge in [0, 0.05) is 11.8 Å². The maximum atomic E-state index is 14.1. The molecule has 0 radical (unpaired) electrons. The first-order valence-corrected chi connectivity index (χ1v) is 5.94. The van der Waals surface area contributed by atoms with E-state index in [4.69, 9.17) is 5.11 Å². The normalized spacial score (nSPS) is 27.7. The van der Waals surface area contributed by atoms with Crippen LogP contribution in [-0.2, 0) is 0 Å². The Morgan fingerprint density at radius 3 is 2.71 bits per heavy atom. The Morgan fingerprint density at radius 1 is 1.38 bits per heavy atom. The zero-order valence-electron chi connectivity index (χ0n) is 10.5. The molecule has 1 saturated heterocycles. The van der Waals surface area contributed by atoms with Crippen molar-refractivity contribution < 1.29 is 19.0 Å². The minimum absolute atomic E-state index is 0. The van der Waals surface area contributed by atoms with Gasteiger partial charge in [-0.2, -0.15) is 0 Å². The van der Waals surface area contributed by atoms with Crippen LogP contribution in [0.25, 0.3) is 11.0 Å². The molecule has 10 heteroatoms. The van der Waals surface area contributed by atoms with Gasteiger partial charge in [-0.3, -0.25) is 10.1 Å². The second-order valence-corrected chi connectivity index (χ2v) is 4.71. The minimum atomic E-state index is -3.48. The van der Waals surface area contributed by atoms with Gasteiger partial charge >= 0.3 is 0 Å². The standard InChI is InChI=1S/C11H12F2N4O3.ClH/c12-11(13)8(17-5(2-18)9(11)19)4-1-14-7-6(4)15-3-16-10(7)20;/h1,3,5,8-9,14,17-19H,2H2,(H,15,16,20);1H/t5-,8+,9+;/m1./s1. The number of alkyl halides is 2. The summed E-state index contributed by atoms with van der Waals surface area (Å²) in [5.74, 6) is -3.48. The van der Waals surface area contributed by atoms with E-state index in [9.17, 15) is 18.7 Å². The lowest BCUT2D eigenvalue weighted by Crippen LogP contribution is -2.38. The first-order chi connectivity index (χ1) is 9.46. The van der Waals surface area contributed by atoms with E-state index in [2.05, 4.69) is 20.3 Å². The van der Waals surface area contributed by atoms with Crippen LogP contribution in [0.5, 0.6) is 0 Å². The molecule has 7 nitrogen and oxygen atoms in total. The molecule has 3 rings (SSSR count). The summed E-state index contributed by atoms with van der Waals surface area (Å²) in [6.45, 7) is -0.621. The van der Waals surface area contributed by atoms with Crippen LogP contribution in [0.15, 0.2) is 17.3 Å². The highest BCUT2D eigenvalue weighted by Gasteiger charge is 2.57. The van der Waals surface area contributed by atoms with Crippen LogP contribution in [0.1, 0.15) is 11.6 Å². The highest BCUT2D eigenvalue weighted by atomic mass is 35.5. The smallest absolute Gasteiger partial charge is 0.294 e. The van der Waals surface area contributed by atoms with Crippen molar-refractivity contribution in [3.8, 4) is 0 Å². The summed E-state index contributed by atoms with van der Waals surface area (Å²) in [6, 6.07) is -2.67. The fourth-order valence-electron chi connectivity index (χ4n) is 2.50. The van der Waals surface area contributed by atoms with E-state index >= 15 is 0 Å². The van der Waals surface area contributed by atoms with Gasteiger partial charge in [-0.05, 0) is 0 Å². The van der Waals surface area contributed by atoms with E-state index in [0.29, 0.717) is 0 Å². The highest BCUT2D eigenvalue weighted by molar-refractivity contribution is 5.85. The number of nitrogens with zero attached hydrogens (tertiary/aromatic N) is 1. The lowest BCUT2D eigenvalue weighted by molar-refractivity contribution is -0.103. The van der Waals surface area contributed by atoms with Gasteiger partial charge in [-0.15, -0.1) is 12.4 Å². The van der Waals surface area contributed by atoms with Crippen molar-refractivity contribution in [1.29, 1.82) is 0 Å². The van der Waals surface area contributed by atoms with Crippen molar-refractivity contribution in [3.05, 3.63) is 28.4 Å². The molecule has 1 aliphatic rings. The zero-order chi connectivity index (χ0) is 14.5. The topological polar surface area (TPSA) is 114 Å². The van der Waals surface area contributed by atoms with Gasteiger partial charge in [0.05, 0.1) is 19.0 Å². The van der Waals surface area contributed by atoms with Crippen LogP contribution >= 0.6 is 12.4 Å². The largest absolute Gasteiger partial charge is 0.395 e. The summed E-state index contributed by atoms with van der Waals surface area (Å²) < 4.78 is 28.2. The van der Waals surface area contributed by atoms with Gasteiger partial charge in [0.25, 0.3) is 11.5 Å². The minimum Gasteiger partial charge on any atom is -0.395 e. The van der Waals surface area contributed by atoms with Crippen molar-refractivity contribution in [2.45, 2.75) is 24.1 Å². The average molecular weight is 323 g/mol. The molecule has 0 bridgehead atoms. The van der Waals surface area contributed by atoms with E-state index in [1.807, 2.05) is 0 Å². The highest BCUT2D eigenvalue weighted by Crippen LogP contribution is 2.42. The third-order valence-corrected chi connectivity index (χ3v) is 3.55. The van der Waals surface area contributed by atoms with Gasteiger partial charge < -0.3 is 20.2 Å². The second kappa shape index (κ2) is 5.34. The predicted octanol–water partition coefficient (Wildman–Crippen LogP) is -0.326. The molecule has 0 aromatic carbocycles. The van der Waals surface area contributed by atoms with Crippen LogP contribution in [0.3, 0.4) is 0 Å². The number of aromatic amines is 2. The average Bonchev–Trinajstić information content (AvgIpc) is 2.92. The summed E-state index contributed by atoms with van der Waals surface area (Å²) in [6.07, 6.45) is 0.365. The zero-order valence-corrected chi connectivity index (χ0v) is 11.3. The predicted molar refractivity (Wildman–Crippen MR) is 71.7 cm³/mol. The Balaban J connectivity index is 0.00000161. The first kappa shape index (κ1) is 15.8. The van der Waals surface area contributed by atoms with Crippen molar-refractivity contribution in [2.24, 2.45) is 0 Å². The van der Waals surface area contributed by atoms with E-state index in [1.165, 1.54) is 6.20 Å². The number of halogens is 3. The molecule has 2 aromatic rings. The van der Waals surface area contributed by atoms with Gasteiger partial charge in [-0.25, -0.2) is 13.8 Å². The van der Waals surface area contributed by atoms with Crippen LogP contribution in [0, 0.1) is 0 Å². The van der Waals surface area contributed by atoms with Crippen LogP contribution < -0.4 is 10.9 Å². The SMILES string of the molecule is Cl.O=c1[nH]cnc2c([C@@H]3N[C@H](CO)[C@H](O)C3(F)F)c[nH]c12. The van der Waals surface area contributed by atoms with E-state index in [1.54, 1.807) is 0 Å². The third kappa shape index (κ3) is 2.22. The Morgan fingerprint density at radius 2 is 2.10 bits per heavy atom. The number of nitrogens with one attached hydrogen (secondary N) is 3. The fraction of sp³-hybridized carbons (Fsp3) is 0.455. The van der Waals surface area contributed by atoms with E-state index in [-0.39, 0.29) is 29.0 Å². The number of aromatic nitrogens is 3. The number of aliphatic hydroxyl groups excluding tert-OH is 2. The molecular formula is C11H13ClF2N4O3. The number of rotatable bonds is 2. The number of aliphatic hydroxyl groups is 2. The molecule has 21 heavy (non-hydrogen) atoms. The Bertz CT molecular complexity index is 704. The van der Waals surface area contributed by atoms with Crippen molar-refractivity contribution in [2.75, 3.05) is 6.61 Å². The van der Waals surface area contributed by atoms with Gasteiger partial charge in [0.1, 0.15) is 23.2 Å². The Labute approximate surface area is 122 Å². The summed E-state index contributed by atoms with van der Waals surface area (Å²) in [5, 5.41) is 21.0. The molecule has 0 amide bonds. The number of hydrogen-bond donors (Lipinski definition) is 5. The summed E-state index contributed by atoms with van der Waals surface area (Å²) in [7, 11) is 0. The number of H-pyrrole nitrogens is 2. The molecule has 2 aromatic heterocycles. The Hall–Kier alpha value is -1.55. The molecule has 1 fully saturated rings.